The lowest BCUT2D eigenvalue weighted by Gasteiger charge is -2.32. The van der Waals surface area contributed by atoms with Gasteiger partial charge in [0.1, 0.15) is 0 Å². The SMILES string of the molecule is Cc1ccc(C(=O)O)c(-c2nc3ccccc3cc2CNCC2CCN(c3nccc(C=C4SC(=O)NC4=O)n3)CC2)c1. The molecule has 4 heterocycles. The zero-order valence-electron chi connectivity index (χ0n) is 23.5. The monoisotopic (exact) mass is 594 g/mol. The molecule has 4 aromatic rings. The van der Waals surface area contributed by atoms with Crippen LogP contribution in [0.1, 0.15) is 40.0 Å². The van der Waals surface area contributed by atoms with Crippen molar-refractivity contribution in [2.75, 3.05) is 24.5 Å². The Morgan fingerprint density at radius 3 is 2.70 bits per heavy atom. The lowest BCUT2D eigenvalue weighted by atomic mass is 9.95. The molecular weight excluding hydrogens is 564 g/mol. The number of carbonyl (C=O) groups excluding carboxylic acids is 2. The number of nitrogens with zero attached hydrogens (tertiary/aromatic N) is 4. The minimum absolute atomic E-state index is 0.239. The molecule has 2 amide bonds. The van der Waals surface area contributed by atoms with Crippen LogP contribution in [0, 0.1) is 12.8 Å². The highest BCUT2D eigenvalue weighted by Crippen LogP contribution is 2.30. The fraction of sp³-hybridized carbons (Fsp3) is 0.250. The van der Waals surface area contributed by atoms with Crippen molar-refractivity contribution in [2.45, 2.75) is 26.3 Å². The van der Waals surface area contributed by atoms with Crippen LogP contribution >= 0.6 is 11.8 Å². The molecule has 0 atom stereocenters. The quantitative estimate of drug-likeness (QED) is 0.238. The number of aromatic nitrogens is 3. The Morgan fingerprint density at radius 2 is 1.93 bits per heavy atom. The molecule has 0 saturated carbocycles. The van der Waals surface area contributed by atoms with Gasteiger partial charge in [-0.05, 0) is 86.0 Å². The van der Waals surface area contributed by atoms with E-state index in [1.165, 1.54) is 0 Å². The lowest BCUT2D eigenvalue weighted by Crippen LogP contribution is -2.38. The van der Waals surface area contributed by atoms with Crippen LogP contribution < -0.4 is 15.5 Å². The van der Waals surface area contributed by atoms with Crippen LogP contribution in [-0.4, -0.2) is 56.8 Å². The number of hydrogen-bond donors (Lipinski definition) is 3. The molecule has 218 valence electrons. The summed E-state index contributed by atoms with van der Waals surface area (Å²) in [6.07, 6.45) is 5.19. The van der Waals surface area contributed by atoms with E-state index in [0.717, 1.165) is 66.3 Å². The van der Waals surface area contributed by atoms with Crippen molar-refractivity contribution >= 4 is 51.8 Å². The van der Waals surface area contributed by atoms with Crippen LogP contribution in [0.3, 0.4) is 0 Å². The summed E-state index contributed by atoms with van der Waals surface area (Å²) < 4.78 is 0. The van der Waals surface area contributed by atoms with Crippen LogP contribution in [-0.2, 0) is 11.3 Å². The Kier molecular flexibility index (Phi) is 8.17. The van der Waals surface area contributed by atoms with Gasteiger partial charge in [0, 0.05) is 36.8 Å². The van der Waals surface area contributed by atoms with Crippen molar-refractivity contribution in [1.29, 1.82) is 0 Å². The molecule has 11 heteroatoms. The summed E-state index contributed by atoms with van der Waals surface area (Å²) >= 11 is 0.869. The molecule has 2 aliphatic rings. The summed E-state index contributed by atoms with van der Waals surface area (Å²) in [5, 5.41) is 16.4. The van der Waals surface area contributed by atoms with Crippen molar-refractivity contribution in [3.05, 3.63) is 88.1 Å². The summed E-state index contributed by atoms with van der Waals surface area (Å²) in [4.78, 5) is 51.8. The minimum atomic E-state index is -0.972. The van der Waals surface area contributed by atoms with Gasteiger partial charge in [0.2, 0.25) is 5.95 Å². The maximum atomic E-state index is 12.1. The number of carbonyl (C=O) groups is 3. The Labute approximate surface area is 252 Å². The first-order valence-electron chi connectivity index (χ1n) is 14.1. The molecule has 0 aliphatic carbocycles. The molecule has 2 aromatic heterocycles. The predicted octanol–water partition coefficient (Wildman–Crippen LogP) is 5.03. The molecule has 10 nitrogen and oxygen atoms in total. The number of imide groups is 1. The number of thioether (sulfide) groups is 1. The second kappa shape index (κ2) is 12.3. The number of fused-ring (bicyclic) bond motifs is 1. The van der Waals surface area contributed by atoms with Gasteiger partial charge in [0.05, 0.1) is 27.4 Å². The molecule has 2 aromatic carbocycles. The number of aromatic carboxylic acids is 1. The summed E-state index contributed by atoms with van der Waals surface area (Å²) in [6, 6.07) is 17.1. The van der Waals surface area contributed by atoms with Crippen molar-refractivity contribution < 1.29 is 19.5 Å². The van der Waals surface area contributed by atoms with E-state index in [-0.39, 0.29) is 10.8 Å². The number of anilines is 1. The number of carboxylic acid groups (broad SMARTS) is 1. The first kappa shape index (κ1) is 28.5. The van der Waals surface area contributed by atoms with Crippen LogP contribution in [0.4, 0.5) is 10.7 Å². The van der Waals surface area contributed by atoms with E-state index in [9.17, 15) is 19.5 Å². The van der Waals surface area contributed by atoms with Gasteiger partial charge in [-0.25, -0.2) is 19.7 Å². The number of hydrogen-bond acceptors (Lipinski definition) is 9. The Bertz CT molecular complexity index is 1770. The average molecular weight is 595 g/mol. The molecule has 0 unspecified atom stereocenters. The van der Waals surface area contributed by atoms with Gasteiger partial charge in [-0.1, -0.05) is 29.8 Å². The predicted molar refractivity (Wildman–Crippen MR) is 167 cm³/mol. The van der Waals surface area contributed by atoms with Gasteiger partial charge in [-0.3, -0.25) is 14.9 Å². The second-order valence-corrected chi connectivity index (χ2v) is 11.8. The topological polar surface area (TPSA) is 137 Å². The van der Waals surface area contributed by atoms with Crippen molar-refractivity contribution in [3.63, 3.8) is 0 Å². The molecular formula is C32H30N6O4S. The standard InChI is InChI=1S/C32H30N6O4S/c1-19-6-7-24(30(40)41)25(14-19)28-22(15-21-4-2-3-5-26(21)36-28)18-33-17-20-9-12-38(13-10-20)31-34-11-8-23(35-31)16-27-29(39)37-32(42)43-27/h2-8,11,14-16,20,33H,9-10,12-13,17-18H2,1H3,(H,40,41)(H,37,39,42). The largest absolute Gasteiger partial charge is 0.478 e. The molecule has 0 bridgehead atoms. The van der Waals surface area contributed by atoms with Crippen LogP contribution in [0.2, 0.25) is 0 Å². The summed E-state index contributed by atoms with van der Waals surface area (Å²) in [7, 11) is 0. The Morgan fingerprint density at radius 1 is 1.12 bits per heavy atom. The fourth-order valence-corrected chi connectivity index (χ4v) is 6.13. The third kappa shape index (κ3) is 6.42. The number of aryl methyl sites for hydroxylation is 1. The van der Waals surface area contributed by atoms with E-state index in [1.54, 1.807) is 24.4 Å². The van der Waals surface area contributed by atoms with E-state index in [0.29, 0.717) is 40.3 Å². The number of benzene rings is 2. The van der Waals surface area contributed by atoms with Crippen LogP contribution in [0.25, 0.3) is 28.2 Å². The Balaban J connectivity index is 1.12. The highest BCUT2D eigenvalue weighted by molar-refractivity contribution is 8.18. The number of pyridine rings is 1. The number of nitrogens with one attached hydrogen (secondary N) is 2. The molecule has 2 saturated heterocycles. The van der Waals surface area contributed by atoms with Crippen molar-refractivity contribution in [3.8, 4) is 11.3 Å². The maximum absolute atomic E-state index is 12.1. The van der Waals surface area contributed by atoms with Crippen molar-refractivity contribution in [1.82, 2.24) is 25.6 Å². The summed E-state index contributed by atoms with van der Waals surface area (Å²) in [5.74, 6) is -0.317. The van der Waals surface area contributed by atoms with E-state index < -0.39 is 11.9 Å². The molecule has 43 heavy (non-hydrogen) atoms. The van der Waals surface area contributed by atoms with E-state index in [2.05, 4.69) is 31.6 Å². The highest BCUT2D eigenvalue weighted by atomic mass is 32.2. The highest BCUT2D eigenvalue weighted by Gasteiger charge is 2.26. The zero-order valence-corrected chi connectivity index (χ0v) is 24.4. The maximum Gasteiger partial charge on any atom is 0.336 e. The molecule has 0 spiro atoms. The first-order valence-corrected chi connectivity index (χ1v) is 14.9. The van der Waals surface area contributed by atoms with Gasteiger partial charge >= 0.3 is 5.97 Å². The summed E-state index contributed by atoms with van der Waals surface area (Å²) in [5.41, 5.74) is 4.90. The van der Waals surface area contributed by atoms with Gasteiger partial charge in [0.25, 0.3) is 11.1 Å². The molecule has 0 radical (unpaired) electrons. The number of rotatable bonds is 8. The Hall–Kier alpha value is -4.61. The fourth-order valence-electron chi connectivity index (χ4n) is 5.47. The molecule has 2 aliphatic heterocycles. The van der Waals surface area contributed by atoms with E-state index >= 15 is 0 Å². The first-order chi connectivity index (χ1) is 20.8. The molecule has 2 fully saturated rings. The van der Waals surface area contributed by atoms with Gasteiger partial charge in [0.15, 0.2) is 0 Å². The smallest absolute Gasteiger partial charge is 0.336 e. The lowest BCUT2D eigenvalue weighted by molar-refractivity contribution is -0.115. The van der Waals surface area contributed by atoms with Crippen molar-refractivity contribution in [2.24, 2.45) is 5.92 Å². The molecule has 6 rings (SSSR count). The van der Waals surface area contributed by atoms with E-state index in [4.69, 9.17) is 4.98 Å². The van der Waals surface area contributed by atoms with Gasteiger partial charge in [-0.15, -0.1) is 0 Å². The third-order valence-corrected chi connectivity index (χ3v) is 8.51. The van der Waals surface area contributed by atoms with Crippen LogP contribution in [0.15, 0.2) is 65.7 Å². The van der Waals surface area contributed by atoms with E-state index in [1.807, 2.05) is 43.3 Å². The minimum Gasteiger partial charge on any atom is -0.478 e. The average Bonchev–Trinajstić information content (AvgIpc) is 3.32. The van der Waals surface area contributed by atoms with Gasteiger partial charge in [-0.2, -0.15) is 0 Å². The molecule has 3 N–H and O–H groups in total. The summed E-state index contributed by atoms with van der Waals surface area (Å²) in [6.45, 7) is 4.93. The third-order valence-electron chi connectivity index (χ3n) is 7.69. The number of piperidine rings is 1. The van der Waals surface area contributed by atoms with Crippen LogP contribution in [0.5, 0.6) is 0 Å². The number of carboxylic acids is 1. The van der Waals surface area contributed by atoms with Gasteiger partial charge < -0.3 is 15.3 Å². The number of amides is 2. The zero-order chi connectivity index (χ0) is 29.9. The number of para-hydroxylation sites is 1. The normalized spacial score (nSPS) is 16.7. The second-order valence-electron chi connectivity index (χ2n) is 10.7.